The van der Waals surface area contributed by atoms with E-state index in [1.165, 1.54) is 31.2 Å². The third-order valence-electron chi connectivity index (χ3n) is 6.19. The third-order valence-corrected chi connectivity index (χ3v) is 6.19. The van der Waals surface area contributed by atoms with Crippen LogP contribution in [-0.2, 0) is 6.42 Å². The van der Waals surface area contributed by atoms with Crippen molar-refractivity contribution in [2.24, 2.45) is 5.92 Å². The molecule has 3 heterocycles. The van der Waals surface area contributed by atoms with Crippen LogP contribution < -0.4 is 10.5 Å². The number of benzene rings is 1. The van der Waals surface area contributed by atoms with E-state index in [2.05, 4.69) is 50.0 Å². The van der Waals surface area contributed by atoms with Crippen LogP contribution in [0.25, 0.3) is 21.9 Å². The van der Waals surface area contributed by atoms with Crippen LogP contribution in [0.4, 0.5) is 5.82 Å². The van der Waals surface area contributed by atoms with E-state index in [0.29, 0.717) is 17.7 Å². The van der Waals surface area contributed by atoms with Crippen LogP contribution in [0.2, 0.25) is 0 Å². The van der Waals surface area contributed by atoms with E-state index in [9.17, 15) is 0 Å². The lowest BCUT2D eigenvalue weighted by molar-refractivity contribution is 0.402. The summed E-state index contributed by atoms with van der Waals surface area (Å²) in [7, 11) is 1.65. The number of ether oxygens (including phenoxy) is 1. The molecule has 2 N–H and O–H groups in total. The quantitative estimate of drug-likeness (QED) is 0.544. The number of pyridine rings is 1. The van der Waals surface area contributed by atoms with Crippen LogP contribution in [0.5, 0.6) is 5.88 Å². The Kier molecular flexibility index (Phi) is 4.54. The van der Waals surface area contributed by atoms with Crippen molar-refractivity contribution in [3.05, 3.63) is 54.5 Å². The lowest BCUT2D eigenvalue weighted by atomic mass is 9.97. The van der Waals surface area contributed by atoms with Gasteiger partial charge in [0.1, 0.15) is 17.8 Å². The molecule has 1 saturated carbocycles. The summed E-state index contributed by atoms with van der Waals surface area (Å²) in [6.45, 7) is 0. The third kappa shape index (κ3) is 3.39. The zero-order chi connectivity index (χ0) is 19.8. The van der Waals surface area contributed by atoms with E-state index >= 15 is 0 Å². The van der Waals surface area contributed by atoms with Crippen molar-refractivity contribution in [3.63, 3.8) is 0 Å². The van der Waals surface area contributed by atoms with Crippen LogP contribution >= 0.6 is 0 Å². The lowest BCUT2D eigenvalue weighted by Crippen LogP contribution is -2.06. The molecule has 2 atom stereocenters. The Bertz CT molecular complexity index is 1170. The number of hydrogen-bond donors (Lipinski definition) is 1. The number of aryl methyl sites for hydroxylation is 1. The number of aromatic nitrogens is 4. The van der Waals surface area contributed by atoms with Crippen molar-refractivity contribution in [2.75, 3.05) is 12.8 Å². The van der Waals surface area contributed by atoms with Crippen LogP contribution in [0.1, 0.15) is 37.3 Å². The number of fused-ring (bicyclic) bond motifs is 2. The van der Waals surface area contributed by atoms with Crippen LogP contribution in [0.15, 0.2) is 48.9 Å². The molecule has 6 heteroatoms. The van der Waals surface area contributed by atoms with Crippen molar-refractivity contribution >= 4 is 27.8 Å². The number of nitrogens with zero attached hydrogens (tertiary/aromatic N) is 4. The average molecular weight is 387 g/mol. The molecule has 2 unspecified atom stereocenters. The highest BCUT2D eigenvalue weighted by Crippen LogP contribution is 2.39. The topological polar surface area (TPSA) is 78.9 Å². The molecule has 1 aliphatic rings. The summed E-state index contributed by atoms with van der Waals surface area (Å²) in [6.07, 6.45) is 9.63. The van der Waals surface area contributed by atoms with Crippen LogP contribution in [0, 0.1) is 5.92 Å². The molecule has 0 saturated heterocycles. The summed E-state index contributed by atoms with van der Waals surface area (Å²) in [5.41, 5.74) is 9.13. The molecule has 1 aromatic carbocycles. The Balaban J connectivity index is 1.27. The predicted octanol–water partition coefficient (Wildman–Crippen LogP) is 4.54. The maximum atomic E-state index is 5.84. The molecule has 0 aliphatic heterocycles. The first-order valence-corrected chi connectivity index (χ1v) is 10.2. The fraction of sp³-hybridized carbons (Fsp3) is 0.348. The second-order valence-corrected chi connectivity index (χ2v) is 7.98. The summed E-state index contributed by atoms with van der Waals surface area (Å²) < 4.78 is 7.68. The fourth-order valence-corrected chi connectivity index (χ4v) is 4.67. The number of nitrogen functional groups attached to an aromatic ring is 1. The molecule has 29 heavy (non-hydrogen) atoms. The van der Waals surface area contributed by atoms with Gasteiger partial charge in [0.2, 0.25) is 5.88 Å². The molecular weight excluding hydrogens is 362 g/mol. The Morgan fingerprint density at radius 3 is 2.93 bits per heavy atom. The van der Waals surface area contributed by atoms with Gasteiger partial charge >= 0.3 is 0 Å². The van der Waals surface area contributed by atoms with Gasteiger partial charge in [-0.25, -0.2) is 15.0 Å². The van der Waals surface area contributed by atoms with Crippen LogP contribution in [-0.4, -0.2) is 26.6 Å². The van der Waals surface area contributed by atoms with Gasteiger partial charge in [-0.2, -0.15) is 0 Å². The van der Waals surface area contributed by atoms with Crippen LogP contribution in [0.3, 0.4) is 0 Å². The molecule has 1 fully saturated rings. The van der Waals surface area contributed by atoms with E-state index in [1.54, 1.807) is 13.4 Å². The average Bonchev–Trinajstić information content (AvgIpc) is 3.38. The molecular formula is C23H25N5O. The lowest BCUT2D eigenvalue weighted by Gasteiger charge is -2.14. The summed E-state index contributed by atoms with van der Waals surface area (Å²) in [5.74, 6) is 1.95. The normalized spacial score (nSPS) is 19.2. The highest BCUT2D eigenvalue weighted by atomic mass is 16.5. The highest BCUT2D eigenvalue weighted by Gasteiger charge is 2.27. The molecule has 1 aliphatic carbocycles. The minimum Gasteiger partial charge on any atom is -0.480 e. The molecule has 4 aromatic rings. The summed E-state index contributed by atoms with van der Waals surface area (Å²) in [5, 5.41) is 2.13. The largest absolute Gasteiger partial charge is 0.480 e. The Labute approximate surface area is 169 Å². The second kappa shape index (κ2) is 7.35. The number of methoxy groups -OCH3 is 1. The molecule has 6 nitrogen and oxygen atoms in total. The number of hydrogen-bond acceptors (Lipinski definition) is 5. The van der Waals surface area contributed by atoms with Crippen molar-refractivity contribution in [3.8, 4) is 5.88 Å². The van der Waals surface area contributed by atoms with Gasteiger partial charge < -0.3 is 15.0 Å². The fourth-order valence-electron chi connectivity index (χ4n) is 4.67. The van der Waals surface area contributed by atoms with E-state index in [0.717, 1.165) is 34.3 Å². The Morgan fingerprint density at radius 2 is 2.03 bits per heavy atom. The number of rotatable bonds is 5. The number of anilines is 1. The first-order chi connectivity index (χ1) is 14.2. The maximum absolute atomic E-state index is 5.84. The molecule has 0 spiro atoms. The zero-order valence-corrected chi connectivity index (χ0v) is 16.6. The van der Waals surface area contributed by atoms with Crippen molar-refractivity contribution < 1.29 is 4.74 Å². The van der Waals surface area contributed by atoms with Gasteiger partial charge in [-0.15, -0.1) is 0 Å². The summed E-state index contributed by atoms with van der Waals surface area (Å²) in [6, 6.07) is 13.0. The highest BCUT2D eigenvalue weighted by molar-refractivity contribution is 5.81. The summed E-state index contributed by atoms with van der Waals surface area (Å²) in [4.78, 5) is 13.2. The summed E-state index contributed by atoms with van der Waals surface area (Å²) >= 11 is 0. The Morgan fingerprint density at radius 1 is 1.14 bits per heavy atom. The Hall–Kier alpha value is -3.15. The maximum Gasteiger partial charge on any atom is 0.225 e. The monoisotopic (exact) mass is 387 g/mol. The first-order valence-electron chi connectivity index (χ1n) is 10.2. The molecule has 5 rings (SSSR count). The molecule has 3 aromatic heterocycles. The SMILES string of the molecule is COc1ncnc2c1ccn2C1CCC(CCc2ccc3ccc(N)nc3c2)C1. The molecule has 0 radical (unpaired) electrons. The molecule has 148 valence electrons. The second-order valence-electron chi connectivity index (χ2n) is 7.98. The van der Waals surface area contributed by atoms with E-state index in [1.807, 2.05) is 12.1 Å². The smallest absolute Gasteiger partial charge is 0.225 e. The van der Waals surface area contributed by atoms with Gasteiger partial charge in [0.25, 0.3) is 0 Å². The van der Waals surface area contributed by atoms with Gasteiger partial charge in [-0.1, -0.05) is 12.1 Å². The molecule has 0 bridgehead atoms. The van der Waals surface area contributed by atoms with E-state index in [4.69, 9.17) is 10.5 Å². The van der Waals surface area contributed by atoms with Gasteiger partial charge in [0, 0.05) is 17.6 Å². The standard InChI is InChI=1S/C23H25N5O/c1-29-23-19-10-11-28(22(19)25-14-26-23)18-8-5-15(12-18)2-3-16-4-6-17-7-9-21(24)27-20(17)13-16/h4,6-7,9-11,13-15,18H,2-3,5,8,12H2,1H3,(H2,24,27). The van der Waals surface area contributed by atoms with Crippen molar-refractivity contribution in [2.45, 2.75) is 38.1 Å². The van der Waals surface area contributed by atoms with Gasteiger partial charge in [0.15, 0.2) is 0 Å². The van der Waals surface area contributed by atoms with E-state index in [-0.39, 0.29) is 0 Å². The minimum absolute atomic E-state index is 0.496. The van der Waals surface area contributed by atoms with Gasteiger partial charge in [-0.05, 0) is 67.9 Å². The van der Waals surface area contributed by atoms with Crippen molar-refractivity contribution in [1.82, 2.24) is 19.5 Å². The van der Waals surface area contributed by atoms with Gasteiger partial charge in [0.05, 0.1) is 18.0 Å². The van der Waals surface area contributed by atoms with Gasteiger partial charge in [-0.3, -0.25) is 0 Å². The first kappa shape index (κ1) is 17.9. The molecule has 0 amide bonds. The van der Waals surface area contributed by atoms with Crippen molar-refractivity contribution in [1.29, 1.82) is 0 Å². The predicted molar refractivity (Wildman–Crippen MR) is 115 cm³/mol. The van der Waals surface area contributed by atoms with E-state index < -0.39 is 0 Å². The minimum atomic E-state index is 0.496. The zero-order valence-electron chi connectivity index (χ0n) is 16.6. The number of nitrogens with two attached hydrogens (primary N) is 1.